The maximum atomic E-state index is 6.42. The molecule has 0 fully saturated rings. The summed E-state index contributed by atoms with van der Waals surface area (Å²) in [5, 5.41) is 8.55. The van der Waals surface area contributed by atoms with Gasteiger partial charge in [0.05, 0.1) is 0 Å². The van der Waals surface area contributed by atoms with Crippen LogP contribution in [0.2, 0.25) is 0 Å². The van der Waals surface area contributed by atoms with E-state index in [1.165, 1.54) is 0 Å². The third-order valence-electron chi connectivity index (χ3n) is 8.94. The largest absolute Gasteiger partial charge is 0.452 e. The Kier molecular flexibility index (Phi) is 5.22. The van der Waals surface area contributed by atoms with E-state index in [1.54, 1.807) is 0 Å². The second kappa shape index (κ2) is 9.58. The van der Waals surface area contributed by atoms with Gasteiger partial charge < -0.3 is 8.83 Å². The molecule has 5 heteroatoms. The molecule has 5 nitrogen and oxygen atoms in total. The van der Waals surface area contributed by atoms with Gasteiger partial charge in [0.15, 0.2) is 28.6 Å². The van der Waals surface area contributed by atoms with E-state index in [2.05, 4.69) is 109 Å². The van der Waals surface area contributed by atoms with Gasteiger partial charge >= 0.3 is 0 Å². The highest BCUT2D eigenvalue weighted by Crippen LogP contribution is 2.40. The average molecular weight is 590 g/mol. The van der Waals surface area contributed by atoms with Gasteiger partial charge in [-0.05, 0) is 57.9 Å². The summed E-state index contributed by atoms with van der Waals surface area (Å²) < 4.78 is 12.7. The normalized spacial score (nSPS) is 11.9. The number of hydrogen-bond acceptors (Lipinski definition) is 5. The Balaban J connectivity index is 1.22. The lowest BCUT2D eigenvalue weighted by atomic mass is 10.0. The van der Waals surface area contributed by atoms with E-state index in [0.29, 0.717) is 17.5 Å². The predicted octanol–water partition coefficient (Wildman–Crippen LogP) is 11.0. The van der Waals surface area contributed by atoms with E-state index >= 15 is 0 Å². The fourth-order valence-corrected chi connectivity index (χ4v) is 6.74. The molecular formula is C41H23N3O2. The zero-order valence-electron chi connectivity index (χ0n) is 24.4. The van der Waals surface area contributed by atoms with Crippen molar-refractivity contribution < 1.29 is 8.83 Å². The van der Waals surface area contributed by atoms with Crippen LogP contribution in [-0.2, 0) is 0 Å². The molecule has 0 radical (unpaired) electrons. The number of rotatable bonds is 3. The molecule has 3 heterocycles. The van der Waals surface area contributed by atoms with Crippen LogP contribution in [0.1, 0.15) is 0 Å². The zero-order chi connectivity index (χ0) is 30.2. The van der Waals surface area contributed by atoms with Crippen LogP contribution in [0.5, 0.6) is 0 Å². The Hall–Kier alpha value is -6.33. The van der Waals surface area contributed by atoms with E-state index in [0.717, 1.165) is 82.1 Å². The van der Waals surface area contributed by atoms with Gasteiger partial charge in [0.1, 0.15) is 11.2 Å². The van der Waals surface area contributed by atoms with Crippen LogP contribution in [0.4, 0.5) is 0 Å². The van der Waals surface area contributed by atoms with Crippen molar-refractivity contribution in [2.45, 2.75) is 0 Å². The highest BCUT2D eigenvalue weighted by molar-refractivity contribution is 6.19. The minimum atomic E-state index is 0.599. The molecule has 0 aliphatic heterocycles. The minimum Gasteiger partial charge on any atom is -0.452 e. The van der Waals surface area contributed by atoms with Crippen molar-refractivity contribution in [1.82, 2.24) is 15.0 Å². The SMILES string of the molecule is c1ccc2c(-c3nc(-c4ccc5oc6c(ccc7c8ccccc8oc76)c5c4)nc(-c4cccc5ccccc45)n3)cccc2c1. The summed E-state index contributed by atoms with van der Waals surface area (Å²) in [5.74, 6) is 1.86. The van der Waals surface area contributed by atoms with Gasteiger partial charge in [-0.2, -0.15) is 0 Å². The summed E-state index contributed by atoms with van der Waals surface area (Å²) in [6.45, 7) is 0. The molecule has 0 spiro atoms. The zero-order valence-corrected chi connectivity index (χ0v) is 24.4. The highest BCUT2D eigenvalue weighted by Gasteiger charge is 2.19. The van der Waals surface area contributed by atoms with E-state index in [1.807, 2.05) is 30.3 Å². The van der Waals surface area contributed by atoms with Crippen LogP contribution < -0.4 is 0 Å². The van der Waals surface area contributed by atoms with Gasteiger partial charge in [0.2, 0.25) is 0 Å². The van der Waals surface area contributed by atoms with Crippen molar-refractivity contribution in [2.24, 2.45) is 0 Å². The average Bonchev–Trinajstić information content (AvgIpc) is 3.69. The van der Waals surface area contributed by atoms with E-state index in [9.17, 15) is 0 Å². The topological polar surface area (TPSA) is 65.0 Å². The Morgan fingerprint density at radius 1 is 0.348 bits per heavy atom. The number of benzene rings is 7. The first-order valence-electron chi connectivity index (χ1n) is 15.3. The number of aromatic nitrogens is 3. The predicted molar refractivity (Wildman–Crippen MR) is 186 cm³/mol. The van der Waals surface area contributed by atoms with Gasteiger partial charge in [-0.15, -0.1) is 0 Å². The lowest BCUT2D eigenvalue weighted by Crippen LogP contribution is -2.01. The lowest BCUT2D eigenvalue weighted by Gasteiger charge is -2.11. The first-order valence-corrected chi connectivity index (χ1v) is 15.3. The summed E-state index contributed by atoms with van der Waals surface area (Å²) in [6.07, 6.45) is 0. The molecule has 3 aromatic heterocycles. The molecule has 0 saturated heterocycles. The fraction of sp³-hybridized carbons (Fsp3) is 0. The fourth-order valence-electron chi connectivity index (χ4n) is 6.74. The molecule has 0 unspecified atom stereocenters. The third kappa shape index (κ3) is 3.72. The standard InChI is InChI=1S/C41H23N3O2/c1-3-13-27-24(9-1)11-7-16-32(27)40-42-39(43-41(44-40)33-17-8-12-25-10-2-4-14-28(25)33)26-19-22-36-34(23-26)31-21-20-30-29-15-5-6-18-35(29)45-37(30)38(31)46-36/h1-23H. The van der Waals surface area contributed by atoms with Gasteiger partial charge in [-0.25, -0.2) is 15.0 Å². The summed E-state index contributed by atoms with van der Waals surface area (Å²) in [5.41, 5.74) is 5.93. The number of fused-ring (bicyclic) bond motifs is 9. The Morgan fingerprint density at radius 2 is 0.848 bits per heavy atom. The third-order valence-corrected chi connectivity index (χ3v) is 8.94. The first-order chi connectivity index (χ1) is 22.8. The van der Waals surface area contributed by atoms with Crippen molar-refractivity contribution >= 4 is 65.4 Å². The van der Waals surface area contributed by atoms with Crippen molar-refractivity contribution in [3.8, 4) is 34.2 Å². The van der Waals surface area contributed by atoms with Gasteiger partial charge in [-0.1, -0.05) is 103 Å². The molecule has 0 N–H and O–H groups in total. The Morgan fingerprint density at radius 3 is 1.50 bits per heavy atom. The maximum absolute atomic E-state index is 6.42. The number of furan rings is 2. The Bertz CT molecular complexity index is 2720. The van der Waals surface area contributed by atoms with E-state index in [4.69, 9.17) is 23.8 Å². The van der Waals surface area contributed by atoms with Crippen molar-refractivity contribution in [3.63, 3.8) is 0 Å². The molecule has 46 heavy (non-hydrogen) atoms. The molecule has 0 atom stereocenters. The van der Waals surface area contributed by atoms with Crippen molar-refractivity contribution in [2.75, 3.05) is 0 Å². The maximum Gasteiger partial charge on any atom is 0.178 e. The smallest absolute Gasteiger partial charge is 0.178 e. The van der Waals surface area contributed by atoms with Crippen molar-refractivity contribution in [1.29, 1.82) is 0 Å². The highest BCUT2D eigenvalue weighted by atomic mass is 16.4. The van der Waals surface area contributed by atoms with Crippen LogP contribution >= 0.6 is 0 Å². The number of para-hydroxylation sites is 1. The summed E-state index contributed by atoms with van der Waals surface area (Å²) >= 11 is 0. The van der Waals surface area contributed by atoms with Gasteiger partial charge in [0.25, 0.3) is 0 Å². The van der Waals surface area contributed by atoms with Crippen molar-refractivity contribution in [3.05, 3.63) is 140 Å². The van der Waals surface area contributed by atoms with Crippen LogP contribution in [-0.4, -0.2) is 15.0 Å². The molecule has 214 valence electrons. The molecule has 0 aliphatic carbocycles. The van der Waals surface area contributed by atoms with Gasteiger partial charge in [-0.3, -0.25) is 0 Å². The number of nitrogens with zero attached hydrogens (tertiary/aromatic N) is 3. The molecular weight excluding hydrogens is 566 g/mol. The van der Waals surface area contributed by atoms with E-state index < -0.39 is 0 Å². The first kappa shape index (κ1) is 25.0. The molecule has 0 bridgehead atoms. The molecule has 0 amide bonds. The molecule has 10 aromatic rings. The Labute approximate surface area is 262 Å². The van der Waals surface area contributed by atoms with Crippen LogP contribution in [0, 0.1) is 0 Å². The van der Waals surface area contributed by atoms with E-state index in [-0.39, 0.29) is 0 Å². The molecule has 7 aromatic carbocycles. The molecule has 0 aliphatic rings. The second-order valence-corrected chi connectivity index (χ2v) is 11.6. The summed E-state index contributed by atoms with van der Waals surface area (Å²) in [6, 6.07) is 47.6. The molecule has 0 saturated carbocycles. The summed E-state index contributed by atoms with van der Waals surface area (Å²) in [7, 11) is 0. The quantitative estimate of drug-likeness (QED) is 0.205. The number of hydrogen-bond donors (Lipinski definition) is 0. The minimum absolute atomic E-state index is 0.599. The van der Waals surface area contributed by atoms with Crippen LogP contribution in [0.15, 0.2) is 148 Å². The monoisotopic (exact) mass is 589 g/mol. The van der Waals surface area contributed by atoms with Gasteiger partial charge in [0, 0.05) is 38.2 Å². The van der Waals surface area contributed by atoms with Crippen LogP contribution in [0.3, 0.4) is 0 Å². The molecule has 10 rings (SSSR count). The second-order valence-electron chi connectivity index (χ2n) is 11.6. The van der Waals surface area contributed by atoms with Crippen LogP contribution in [0.25, 0.3) is 99.6 Å². The lowest BCUT2D eigenvalue weighted by molar-refractivity contribution is 0.633. The summed E-state index contributed by atoms with van der Waals surface area (Å²) in [4.78, 5) is 15.3.